The Balaban J connectivity index is 2.05. The van der Waals surface area contributed by atoms with Crippen LogP contribution in [0.4, 0.5) is 0 Å². The van der Waals surface area contributed by atoms with Gasteiger partial charge in [0.05, 0.1) is 30.4 Å². The topological polar surface area (TPSA) is 52.3 Å². The zero-order chi connectivity index (χ0) is 18.2. The molecule has 0 saturated carbocycles. The van der Waals surface area contributed by atoms with Crippen LogP contribution in [0.15, 0.2) is 36.8 Å². The van der Waals surface area contributed by atoms with Crippen LogP contribution in [0.25, 0.3) is 17.0 Å². The first kappa shape index (κ1) is 18.0. The molecule has 0 aliphatic rings. The summed E-state index contributed by atoms with van der Waals surface area (Å²) in [6, 6.07) is 5.90. The van der Waals surface area contributed by atoms with Crippen LogP contribution in [-0.2, 0) is 11.0 Å². The number of aromatic nitrogens is 4. The zero-order valence-corrected chi connectivity index (χ0v) is 17.0. The van der Waals surface area contributed by atoms with E-state index in [0.717, 1.165) is 17.0 Å². The Morgan fingerprint density at radius 2 is 1.92 bits per heavy atom. The second kappa shape index (κ2) is 6.51. The van der Waals surface area contributed by atoms with Gasteiger partial charge in [0.15, 0.2) is 8.32 Å². The molecule has 0 atom stereocenters. The lowest BCUT2D eigenvalue weighted by Crippen LogP contribution is -2.40. The highest BCUT2D eigenvalue weighted by Crippen LogP contribution is 2.37. The molecule has 5 nitrogen and oxygen atoms in total. The maximum Gasteiger partial charge on any atom is 0.192 e. The molecule has 132 valence electrons. The number of rotatable bonds is 4. The summed E-state index contributed by atoms with van der Waals surface area (Å²) in [7, 11) is -1.88. The molecule has 0 N–H and O–H groups in total. The molecule has 3 aromatic rings. The molecule has 0 spiro atoms. The molecule has 7 heteroatoms. The van der Waals surface area contributed by atoms with Crippen LogP contribution < -0.4 is 0 Å². The maximum absolute atomic E-state index is 6.38. The summed E-state index contributed by atoms with van der Waals surface area (Å²) in [6.07, 6.45) is 5.20. The SMILES string of the molecule is CC(C)(C)[Si](C)(C)OCc1nc2ccccn2c1-c1cncc(Cl)n1. The van der Waals surface area contributed by atoms with Crippen LogP contribution >= 0.6 is 11.6 Å². The van der Waals surface area contributed by atoms with Gasteiger partial charge in [0, 0.05) is 6.20 Å². The summed E-state index contributed by atoms with van der Waals surface area (Å²) in [5, 5.41) is 0.502. The Hall–Kier alpha value is -1.76. The molecule has 0 amide bonds. The number of imidazole rings is 1. The highest BCUT2D eigenvalue weighted by atomic mass is 35.5. The van der Waals surface area contributed by atoms with E-state index in [0.29, 0.717) is 17.5 Å². The van der Waals surface area contributed by atoms with Gasteiger partial charge in [-0.1, -0.05) is 38.4 Å². The minimum absolute atomic E-state index is 0.141. The predicted octanol–water partition coefficient (Wildman–Crippen LogP) is 4.97. The quantitative estimate of drug-likeness (QED) is 0.605. The van der Waals surface area contributed by atoms with E-state index in [1.54, 1.807) is 6.20 Å². The predicted molar refractivity (Wildman–Crippen MR) is 103 cm³/mol. The second-order valence-corrected chi connectivity index (χ2v) is 12.8. The van der Waals surface area contributed by atoms with Gasteiger partial charge in [-0.25, -0.2) is 9.97 Å². The third kappa shape index (κ3) is 3.61. The lowest BCUT2D eigenvalue weighted by Gasteiger charge is -2.36. The van der Waals surface area contributed by atoms with Gasteiger partial charge in [-0.05, 0) is 30.3 Å². The van der Waals surface area contributed by atoms with Crippen molar-refractivity contribution in [3.05, 3.63) is 47.6 Å². The largest absolute Gasteiger partial charge is 0.411 e. The van der Waals surface area contributed by atoms with Gasteiger partial charge in [0.1, 0.15) is 16.5 Å². The molecule has 3 heterocycles. The summed E-state index contributed by atoms with van der Waals surface area (Å²) < 4.78 is 8.39. The number of nitrogens with zero attached hydrogens (tertiary/aromatic N) is 4. The van der Waals surface area contributed by atoms with Crippen LogP contribution in [0.1, 0.15) is 26.5 Å². The molecular weight excluding hydrogens is 352 g/mol. The summed E-state index contributed by atoms with van der Waals surface area (Å²) in [5.41, 5.74) is 3.28. The van der Waals surface area contributed by atoms with E-state index >= 15 is 0 Å². The van der Waals surface area contributed by atoms with Crippen molar-refractivity contribution >= 4 is 25.6 Å². The first-order chi connectivity index (χ1) is 11.7. The molecular formula is C18H23ClN4OSi. The summed E-state index contributed by atoms with van der Waals surface area (Å²) in [6.45, 7) is 11.6. The van der Waals surface area contributed by atoms with Crippen LogP contribution in [0.3, 0.4) is 0 Å². The zero-order valence-electron chi connectivity index (χ0n) is 15.2. The molecule has 0 radical (unpaired) electrons. The Bertz CT molecular complexity index is 901. The first-order valence-corrected chi connectivity index (χ1v) is 11.6. The minimum Gasteiger partial charge on any atom is -0.411 e. The van der Waals surface area contributed by atoms with Crippen LogP contribution in [0.2, 0.25) is 23.3 Å². The normalized spacial score (nSPS) is 12.7. The number of halogens is 1. The lowest BCUT2D eigenvalue weighted by molar-refractivity contribution is 0.273. The van der Waals surface area contributed by atoms with Crippen molar-refractivity contribution in [1.29, 1.82) is 0 Å². The Labute approximate surface area is 154 Å². The van der Waals surface area contributed by atoms with Crippen molar-refractivity contribution in [1.82, 2.24) is 19.4 Å². The van der Waals surface area contributed by atoms with Gasteiger partial charge in [-0.3, -0.25) is 9.38 Å². The third-order valence-electron chi connectivity index (χ3n) is 4.83. The molecule has 0 bridgehead atoms. The molecule has 0 aliphatic carbocycles. The van der Waals surface area contributed by atoms with Crippen LogP contribution in [0.5, 0.6) is 0 Å². The average Bonchev–Trinajstić information content (AvgIpc) is 2.90. The van der Waals surface area contributed by atoms with Crippen LogP contribution in [-0.4, -0.2) is 27.7 Å². The molecule has 25 heavy (non-hydrogen) atoms. The smallest absolute Gasteiger partial charge is 0.192 e. The Kier molecular flexibility index (Phi) is 4.70. The van der Waals surface area contributed by atoms with Gasteiger partial charge in [0.25, 0.3) is 0 Å². The fraction of sp³-hybridized carbons (Fsp3) is 0.389. The highest BCUT2D eigenvalue weighted by molar-refractivity contribution is 6.74. The van der Waals surface area contributed by atoms with Crippen molar-refractivity contribution in [2.75, 3.05) is 0 Å². The van der Waals surface area contributed by atoms with E-state index in [2.05, 4.69) is 43.8 Å². The monoisotopic (exact) mass is 374 g/mol. The first-order valence-electron chi connectivity index (χ1n) is 8.27. The standard InChI is InChI=1S/C18H23ClN4OSi/c1-18(2,3)25(4,5)24-12-14-17(13-10-20-11-15(19)21-13)23-9-7-6-8-16(23)22-14/h6-11H,12H2,1-5H3. The van der Waals surface area contributed by atoms with Gasteiger partial charge >= 0.3 is 0 Å². The minimum atomic E-state index is -1.88. The second-order valence-electron chi connectivity index (χ2n) is 7.61. The molecule has 0 unspecified atom stereocenters. The van der Waals surface area contributed by atoms with Crippen molar-refractivity contribution < 1.29 is 4.43 Å². The average molecular weight is 375 g/mol. The molecule has 0 saturated heterocycles. The van der Waals surface area contributed by atoms with Crippen LogP contribution in [0, 0.1) is 0 Å². The summed E-state index contributed by atoms with van der Waals surface area (Å²) >= 11 is 6.05. The van der Waals surface area contributed by atoms with E-state index in [1.165, 1.54) is 6.20 Å². The molecule has 0 aromatic carbocycles. The maximum atomic E-state index is 6.38. The van der Waals surface area contributed by atoms with E-state index in [-0.39, 0.29) is 5.04 Å². The fourth-order valence-electron chi connectivity index (χ4n) is 2.34. The Morgan fingerprint density at radius 1 is 1.16 bits per heavy atom. The van der Waals surface area contributed by atoms with Gasteiger partial charge in [-0.15, -0.1) is 0 Å². The molecule has 3 aromatic heterocycles. The Morgan fingerprint density at radius 3 is 2.60 bits per heavy atom. The fourth-order valence-corrected chi connectivity index (χ4v) is 3.42. The highest BCUT2D eigenvalue weighted by Gasteiger charge is 2.37. The summed E-state index contributed by atoms with van der Waals surface area (Å²) in [4.78, 5) is 13.3. The number of fused-ring (bicyclic) bond motifs is 1. The van der Waals surface area contributed by atoms with Crippen molar-refractivity contribution in [3.8, 4) is 11.4 Å². The number of pyridine rings is 1. The van der Waals surface area contributed by atoms with Crippen molar-refractivity contribution in [2.24, 2.45) is 0 Å². The van der Waals surface area contributed by atoms with E-state index in [1.807, 2.05) is 28.8 Å². The van der Waals surface area contributed by atoms with E-state index in [9.17, 15) is 0 Å². The van der Waals surface area contributed by atoms with Gasteiger partial charge < -0.3 is 4.43 Å². The molecule has 0 fully saturated rings. The van der Waals surface area contributed by atoms with E-state index < -0.39 is 8.32 Å². The van der Waals surface area contributed by atoms with Gasteiger partial charge in [0.2, 0.25) is 0 Å². The molecule has 0 aliphatic heterocycles. The summed E-state index contributed by atoms with van der Waals surface area (Å²) in [5.74, 6) is 0. The number of hydrogen-bond donors (Lipinski definition) is 0. The van der Waals surface area contributed by atoms with Crippen molar-refractivity contribution in [3.63, 3.8) is 0 Å². The van der Waals surface area contributed by atoms with Gasteiger partial charge in [-0.2, -0.15) is 0 Å². The number of hydrogen-bond acceptors (Lipinski definition) is 4. The molecule has 3 rings (SSSR count). The van der Waals surface area contributed by atoms with Crippen molar-refractivity contribution in [2.45, 2.75) is 45.5 Å². The third-order valence-corrected chi connectivity index (χ3v) is 9.49. The lowest BCUT2D eigenvalue weighted by atomic mass is 10.2. The van der Waals surface area contributed by atoms with E-state index in [4.69, 9.17) is 21.0 Å².